The third-order valence-electron chi connectivity index (χ3n) is 3.01. The number of hydrogen-bond donors (Lipinski definition) is 1. The third-order valence-corrected chi connectivity index (χ3v) is 3.90. The summed E-state index contributed by atoms with van der Waals surface area (Å²) >= 11 is 3.38. The zero-order valence-electron chi connectivity index (χ0n) is 11.5. The summed E-state index contributed by atoms with van der Waals surface area (Å²) in [6.07, 6.45) is 0. The lowest BCUT2D eigenvalue weighted by atomic mass is 10.1. The molecule has 0 radical (unpaired) electrons. The molecule has 108 valence electrons. The topological polar surface area (TPSA) is 72.2 Å². The molecular formula is C15H13BrN2O3. The molecule has 0 atom stereocenters. The Morgan fingerprint density at radius 1 is 1.19 bits per heavy atom. The summed E-state index contributed by atoms with van der Waals surface area (Å²) in [5.74, 6) is -0.493. The summed E-state index contributed by atoms with van der Waals surface area (Å²) in [7, 11) is 0. The standard InChI is InChI=1S/C15H13BrN2O3/c1-9-3-6-14(18(20)21)12(7-9)15(19)17-11-4-5-13(16)10(2)8-11/h3-8H,1-2H3,(H,17,19). The van der Waals surface area contributed by atoms with Crippen LogP contribution in [0.25, 0.3) is 0 Å². The zero-order chi connectivity index (χ0) is 15.6. The van der Waals surface area contributed by atoms with Crippen molar-refractivity contribution in [3.8, 4) is 0 Å². The van der Waals surface area contributed by atoms with Crippen molar-refractivity contribution < 1.29 is 9.72 Å². The summed E-state index contributed by atoms with van der Waals surface area (Å²) in [5, 5.41) is 13.7. The molecule has 0 heterocycles. The van der Waals surface area contributed by atoms with Crippen LogP contribution in [0, 0.1) is 24.0 Å². The van der Waals surface area contributed by atoms with Crippen molar-refractivity contribution in [1.29, 1.82) is 0 Å². The van der Waals surface area contributed by atoms with E-state index in [2.05, 4.69) is 21.2 Å². The summed E-state index contributed by atoms with van der Waals surface area (Å²) in [4.78, 5) is 22.7. The molecular weight excluding hydrogens is 336 g/mol. The van der Waals surface area contributed by atoms with Crippen LogP contribution >= 0.6 is 15.9 Å². The largest absolute Gasteiger partial charge is 0.322 e. The molecule has 21 heavy (non-hydrogen) atoms. The molecule has 2 aromatic rings. The van der Waals surface area contributed by atoms with Crippen LogP contribution in [0.3, 0.4) is 0 Å². The van der Waals surface area contributed by atoms with Gasteiger partial charge in [-0.05, 0) is 49.2 Å². The first-order chi connectivity index (χ1) is 9.88. The molecule has 0 aromatic heterocycles. The average Bonchev–Trinajstić information content (AvgIpc) is 2.42. The quantitative estimate of drug-likeness (QED) is 0.666. The Labute approximate surface area is 130 Å². The lowest BCUT2D eigenvalue weighted by Crippen LogP contribution is -2.14. The lowest BCUT2D eigenvalue weighted by Gasteiger charge is -2.08. The lowest BCUT2D eigenvalue weighted by molar-refractivity contribution is -0.385. The smallest absolute Gasteiger partial charge is 0.282 e. The van der Waals surface area contributed by atoms with E-state index in [4.69, 9.17) is 0 Å². The number of amides is 1. The molecule has 0 aliphatic heterocycles. The minimum Gasteiger partial charge on any atom is -0.322 e. The van der Waals surface area contributed by atoms with Crippen molar-refractivity contribution in [2.24, 2.45) is 0 Å². The Hall–Kier alpha value is -2.21. The molecule has 2 rings (SSSR count). The van der Waals surface area contributed by atoms with Crippen molar-refractivity contribution >= 4 is 33.2 Å². The molecule has 0 fully saturated rings. The molecule has 0 aliphatic rings. The summed E-state index contributed by atoms with van der Waals surface area (Å²) in [6.45, 7) is 3.68. The van der Waals surface area contributed by atoms with E-state index in [9.17, 15) is 14.9 Å². The van der Waals surface area contributed by atoms with E-state index >= 15 is 0 Å². The number of nitrogens with zero attached hydrogens (tertiary/aromatic N) is 1. The van der Waals surface area contributed by atoms with Gasteiger partial charge in [0.15, 0.2) is 0 Å². The monoisotopic (exact) mass is 348 g/mol. The minimum absolute atomic E-state index is 0.0561. The van der Waals surface area contributed by atoms with Crippen LogP contribution in [0.2, 0.25) is 0 Å². The highest BCUT2D eigenvalue weighted by molar-refractivity contribution is 9.10. The number of nitrogens with one attached hydrogen (secondary N) is 1. The SMILES string of the molecule is Cc1ccc([N+](=O)[O-])c(C(=O)Nc2ccc(Br)c(C)c2)c1. The van der Waals surface area contributed by atoms with Gasteiger partial charge in [0.25, 0.3) is 11.6 Å². The Morgan fingerprint density at radius 2 is 1.90 bits per heavy atom. The number of carbonyl (C=O) groups is 1. The number of anilines is 1. The van der Waals surface area contributed by atoms with E-state index in [1.54, 1.807) is 25.1 Å². The van der Waals surface area contributed by atoms with Crippen molar-refractivity contribution in [3.63, 3.8) is 0 Å². The van der Waals surface area contributed by atoms with E-state index < -0.39 is 10.8 Å². The normalized spacial score (nSPS) is 10.2. The van der Waals surface area contributed by atoms with Crippen LogP contribution in [0.15, 0.2) is 40.9 Å². The van der Waals surface area contributed by atoms with Gasteiger partial charge in [0, 0.05) is 16.2 Å². The van der Waals surface area contributed by atoms with Crippen molar-refractivity contribution in [2.45, 2.75) is 13.8 Å². The van der Waals surface area contributed by atoms with Gasteiger partial charge >= 0.3 is 0 Å². The molecule has 2 aromatic carbocycles. The number of benzene rings is 2. The predicted octanol–water partition coefficient (Wildman–Crippen LogP) is 4.23. The van der Waals surface area contributed by atoms with E-state index in [0.717, 1.165) is 15.6 Å². The zero-order valence-corrected chi connectivity index (χ0v) is 13.1. The third kappa shape index (κ3) is 3.46. The fourth-order valence-electron chi connectivity index (χ4n) is 1.91. The Morgan fingerprint density at radius 3 is 2.52 bits per heavy atom. The van der Waals surface area contributed by atoms with Crippen molar-refractivity contribution in [3.05, 3.63) is 67.7 Å². The molecule has 0 unspecified atom stereocenters. The summed E-state index contributed by atoms with van der Waals surface area (Å²) < 4.78 is 0.932. The molecule has 0 spiro atoms. The van der Waals surface area contributed by atoms with Crippen LogP contribution in [-0.2, 0) is 0 Å². The van der Waals surface area contributed by atoms with Crippen LogP contribution in [0.4, 0.5) is 11.4 Å². The molecule has 5 nitrogen and oxygen atoms in total. The molecule has 0 bridgehead atoms. The second-order valence-electron chi connectivity index (χ2n) is 4.70. The minimum atomic E-state index is -0.554. The second kappa shape index (κ2) is 6.05. The fraction of sp³-hybridized carbons (Fsp3) is 0.133. The first-order valence-corrected chi connectivity index (χ1v) is 7.00. The van der Waals surface area contributed by atoms with Gasteiger partial charge in [0.2, 0.25) is 0 Å². The number of carbonyl (C=O) groups excluding carboxylic acids is 1. The highest BCUT2D eigenvalue weighted by atomic mass is 79.9. The second-order valence-corrected chi connectivity index (χ2v) is 5.55. The van der Waals surface area contributed by atoms with Gasteiger partial charge in [-0.3, -0.25) is 14.9 Å². The van der Waals surface area contributed by atoms with Gasteiger partial charge in [0.05, 0.1) is 4.92 Å². The Kier molecular flexibility index (Phi) is 4.37. The maximum absolute atomic E-state index is 12.3. The van der Waals surface area contributed by atoms with Crippen LogP contribution in [-0.4, -0.2) is 10.8 Å². The van der Waals surface area contributed by atoms with E-state index in [1.807, 2.05) is 13.0 Å². The molecule has 1 N–H and O–H groups in total. The number of nitro benzene ring substituents is 1. The maximum Gasteiger partial charge on any atom is 0.282 e. The Bertz CT molecular complexity index is 729. The number of hydrogen-bond acceptors (Lipinski definition) is 3. The molecule has 0 saturated carbocycles. The van der Waals surface area contributed by atoms with Gasteiger partial charge in [-0.25, -0.2) is 0 Å². The molecule has 0 aliphatic carbocycles. The predicted molar refractivity (Wildman–Crippen MR) is 84.7 cm³/mol. The molecule has 6 heteroatoms. The maximum atomic E-state index is 12.3. The van der Waals surface area contributed by atoms with E-state index in [-0.39, 0.29) is 11.3 Å². The molecule has 0 saturated heterocycles. The summed E-state index contributed by atoms with van der Waals surface area (Å²) in [6, 6.07) is 9.81. The van der Waals surface area contributed by atoms with Crippen molar-refractivity contribution in [2.75, 3.05) is 5.32 Å². The van der Waals surface area contributed by atoms with Gasteiger partial charge in [-0.2, -0.15) is 0 Å². The van der Waals surface area contributed by atoms with Crippen molar-refractivity contribution in [1.82, 2.24) is 0 Å². The van der Waals surface area contributed by atoms with Crippen LogP contribution in [0.5, 0.6) is 0 Å². The number of nitro groups is 1. The number of rotatable bonds is 3. The summed E-state index contributed by atoms with van der Waals surface area (Å²) in [5.41, 5.74) is 2.20. The van der Waals surface area contributed by atoms with Crippen LogP contribution in [0.1, 0.15) is 21.5 Å². The van der Waals surface area contributed by atoms with Crippen LogP contribution < -0.4 is 5.32 Å². The van der Waals surface area contributed by atoms with Gasteiger partial charge in [-0.15, -0.1) is 0 Å². The highest BCUT2D eigenvalue weighted by Gasteiger charge is 2.20. The first kappa shape index (κ1) is 15.2. The van der Waals surface area contributed by atoms with Gasteiger partial charge in [0.1, 0.15) is 5.56 Å². The van der Waals surface area contributed by atoms with Gasteiger partial charge in [-0.1, -0.05) is 22.0 Å². The Balaban J connectivity index is 2.34. The van der Waals surface area contributed by atoms with E-state index in [1.165, 1.54) is 12.1 Å². The average molecular weight is 349 g/mol. The van der Waals surface area contributed by atoms with Gasteiger partial charge < -0.3 is 5.32 Å². The molecule has 1 amide bonds. The fourth-order valence-corrected chi connectivity index (χ4v) is 2.16. The number of halogens is 1. The van der Waals surface area contributed by atoms with E-state index in [0.29, 0.717) is 5.69 Å². The highest BCUT2D eigenvalue weighted by Crippen LogP contribution is 2.23. The first-order valence-electron chi connectivity index (χ1n) is 6.21. The number of aryl methyl sites for hydroxylation is 2.